The van der Waals surface area contributed by atoms with Crippen molar-refractivity contribution in [1.29, 1.82) is 0 Å². The van der Waals surface area contributed by atoms with E-state index in [-0.39, 0.29) is 5.41 Å². The first kappa shape index (κ1) is 14.8. The van der Waals surface area contributed by atoms with Crippen LogP contribution in [0.4, 0.5) is 0 Å². The van der Waals surface area contributed by atoms with Crippen molar-refractivity contribution in [1.82, 2.24) is 15.3 Å². The quantitative estimate of drug-likeness (QED) is 0.872. The van der Waals surface area contributed by atoms with E-state index in [1.807, 2.05) is 6.20 Å². The minimum Gasteiger partial charge on any atom is -0.349 e. The first-order valence-electron chi connectivity index (χ1n) is 7.32. The Hall–Kier alpha value is -1.61. The second-order valence-electron chi connectivity index (χ2n) is 6.22. The van der Waals surface area contributed by atoms with Crippen LogP contribution in [0.25, 0.3) is 0 Å². The average Bonchev–Trinajstić information content (AvgIpc) is 2.90. The molecule has 1 heterocycles. The summed E-state index contributed by atoms with van der Waals surface area (Å²) in [5.74, 6) is 1.02. The highest BCUT2D eigenvalue weighted by molar-refractivity contribution is 5.29. The molecule has 2 N–H and O–H groups in total. The molecule has 0 fully saturated rings. The van der Waals surface area contributed by atoms with Crippen LogP contribution in [-0.2, 0) is 11.8 Å². The first-order chi connectivity index (χ1) is 9.50. The zero-order valence-electron chi connectivity index (χ0n) is 12.9. The smallest absolute Gasteiger partial charge is 0.107 e. The number of rotatable bonds is 5. The number of nitrogens with one attached hydrogen (secondary N) is 2. The monoisotopic (exact) mass is 271 g/mol. The van der Waals surface area contributed by atoms with E-state index in [0.717, 1.165) is 18.8 Å². The summed E-state index contributed by atoms with van der Waals surface area (Å²) in [5.41, 5.74) is 2.89. The molecule has 1 atom stereocenters. The van der Waals surface area contributed by atoms with E-state index in [4.69, 9.17) is 0 Å². The summed E-state index contributed by atoms with van der Waals surface area (Å²) in [6.45, 7) is 9.82. The lowest BCUT2D eigenvalue weighted by Crippen LogP contribution is -2.23. The molecule has 0 saturated heterocycles. The molecule has 3 heteroatoms. The predicted octanol–water partition coefficient (Wildman–Crippen LogP) is 3.60. The van der Waals surface area contributed by atoms with Gasteiger partial charge < -0.3 is 10.3 Å². The van der Waals surface area contributed by atoms with Gasteiger partial charge in [-0.2, -0.15) is 0 Å². The summed E-state index contributed by atoms with van der Waals surface area (Å²) in [5, 5.41) is 3.54. The van der Waals surface area contributed by atoms with Gasteiger partial charge in [-0.05, 0) is 23.1 Å². The Balaban J connectivity index is 2.17. The Labute approximate surface area is 121 Å². The molecule has 1 unspecified atom stereocenters. The fraction of sp³-hybridized carbons (Fsp3) is 0.471. The Kier molecular flexibility index (Phi) is 4.61. The fourth-order valence-electron chi connectivity index (χ4n) is 2.37. The number of imidazole rings is 1. The SMILES string of the molecule is CCNC(Cc1ncc[nH]1)c1ccc(C(C)(C)C)cc1. The number of aromatic nitrogens is 2. The van der Waals surface area contributed by atoms with E-state index in [1.165, 1.54) is 11.1 Å². The van der Waals surface area contributed by atoms with Crippen molar-refractivity contribution in [2.45, 2.75) is 45.6 Å². The van der Waals surface area contributed by atoms with Crippen molar-refractivity contribution >= 4 is 0 Å². The molecule has 0 amide bonds. The second-order valence-corrected chi connectivity index (χ2v) is 6.22. The molecule has 0 bridgehead atoms. The predicted molar refractivity (Wildman–Crippen MR) is 83.9 cm³/mol. The number of H-pyrrole nitrogens is 1. The molecule has 1 aromatic carbocycles. The average molecular weight is 271 g/mol. The van der Waals surface area contributed by atoms with E-state index in [9.17, 15) is 0 Å². The molecular weight excluding hydrogens is 246 g/mol. The van der Waals surface area contributed by atoms with Crippen molar-refractivity contribution in [2.75, 3.05) is 6.54 Å². The summed E-state index contributed by atoms with van der Waals surface area (Å²) in [6.07, 6.45) is 4.57. The van der Waals surface area contributed by atoms with Crippen LogP contribution in [0.5, 0.6) is 0 Å². The molecule has 1 aromatic heterocycles. The van der Waals surface area contributed by atoms with E-state index in [2.05, 4.69) is 67.2 Å². The minimum absolute atomic E-state index is 0.202. The molecule has 0 aliphatic carbocycles. The maximum absolute atomic E-state index is 4.33. The molecule has 0 spiro atoms. The third-order valence-corrected chi connectivity index (χ3v) is 3.58. The summed E-state index contributed by atoms with van der Waals surface area (Å²) in [7, 11) is 0. The van der Waals surface area contributed by atoms with Crippen molar-refractivity contribution in [3.8, 4) is 0 Å². The largest absolute Gasteiger partial charge is 0.349 e. The van der Waals surface area contributed by atoms with Gasteiger partial charge in [0.2, 0.25) is 0 Å². The molecule has 0 aliphatic rings. The normalized spacial score (nSPS) is 13.4. The lowest BCUT2D eigenvalue weighted by molar-refractivity contribution is 0.537. The van der Waals surface area contributed by atoms with Crippen molar-refractivity contribution in [3.05, 3.63) is 53.6 Å². The van der Waals surface area contributed by atoms with E-state index in [0.29, 0.717) is 6.04 Å². The maximum Gasteiger partial charge on any atom is 0.107 e. The molecule has 0 aliphatic heterocycles. The van der Waals surface area contributed by atoms with Gasteiger partial charge in [0.25, 0.3) is 0 Å². The second kappa shape index (κ2) is 6.23. The van der Waals surface area contributed by atoms with Crippen LogP contribution in [0.15, 0.2) is 36.7 Å². The number of hydrogen-bond donors (Lipinski definition) is 2. The highest BCUT2D eigenvalue weighted by atomic mass is 14.9. The molecule has 20 heavy (non-hydrogen) atoms. The summed E-state index contributed by atoms with van der Waals surface area (Å²) in [4.78, 5) is 7.51. The van der Waals surface area contributed by atoms with Crippen molar-refractivity contribution in [2.24, 2.45) is 0 Å². The van der Waals surface area contributed by atoms with Crippen LogP contribution in [-0.4, -0.2) is 16.5 Å². The highest BCUT2D eigenvalue weighted by Crippen LogP contribution is 2.24. The van der Waals surface area contributed by atoms with E-state index < -0.39 is 0 Å². The third kappa shape index (κ3) is 3.70. The van der Waals surface area contributed by atoms with Crippen LogP contribution in [0.1, 0.15) is 50.7 Å². The van der Waals surface area contributed by atoms with Gasteiger partial charge in [0.05, 0.1) is 0 Å². The molecule has 108 valence electrons. The number of nitrogens with zero attached hydrogens (tertiary/aromatic N) is 1. The Morgan fingerprint density at radius 1 is 1.20 bits per heavy atom. The van der Waals surface area contributed by atoms with Gasteiger partial charge in [0, 0.05) is 24.9 Å². The number of hydrogen-bond acceptors (Lipinski definition) is 2. The fourth-order valence-corrected chi connectivity index (χ4v) is 2.37. The van der Waals surface area contributed by atoms with Crippen LogP contribution in [0.2, 0.25) is 0 Å². The topological polar surface area (TPSA) is 40.7 Å². The van der Waals surface area contributed by atoms with Crippen LogP contribution >= 0.6 is 0 Å². The Morgan fingerprint density at radius 3 is 2.40 bits per heavy atom. The van der Waals surface area contributed by atoms with Gasteiger partial charge in [0.1, 0.15) is 5.82 Å². The van der Waals surface area contributed by atoms with Gasteiger partial charge in [-0.1, -0.05) is 52.0 Å². The van der Waals surface area contributed by atoms with Crippen LogP contribution in [0.3, 0.4) is 0 Å². The Bertz CT molecular complexity index is 506. The zero-order valence-corrected chi connectivity index (χ0v) is 12.9. The first-order valence-corrected chi connectivity index (χ1v) is 7.32. The molecule has 2 aromatic rings. The molecular formula is C17H25N3. The van der Waals surface area contributed by atoms with Crippen LogP contribution < -0.4 is 5.32 Å². The number of aromatic amines is 1. The number of benzene rings is 1. The third-order valence-electron chi connectivity index (χ3n) is 3.58. The van der Waals surface area contributed by atoms with Gasteiger partial charge in [-0.25, -0.2) is 4.98 Å². The lowest BCUT2D eigenvalue weighted by Gasteiger charge is -2.22. The van der Waals surface area contributed by atoms with Gasteiger partial charge in [-0.3, -0.25) is 0 Å². The van der Waals surface area contributed by atoms with Gasteiger partial charge in [0.15, 0.2) is 0 Å². The van der Waals surface area contributed by atoms with Crippen molar-refractivity contribution in [3.63, 3.8) is 0 Å². The Morgan fingerprint density at radius 2 is 1.90 bits per heavy atom. The van der Waals surface area contributed by atoms with Gasteiger partial charge >= 0.3 is 0 Å². The molecule has 3 nitrogen and oxygen atoms in total. The number of likely N-dealkylation sites (N-methyl/N-ethyl adjacent to an activating group) is 1. The van der Waals surface area contributed by atoms with Crippen molar-refractivity contribution < 1.29 is 0 Å². The summed E-state index contributed by atoms with van der Waals surface area (Å²) in [6, 6.07) is 9.25. The van der Waals surface area contributed by atoms with E-state index in [1.54, 1.807) is 6.20 Å². The van der Waals surface area contributed by atoms with E-state index >= 15 is 0 Å². The molecule has 2 rings (SSSR count). The summed E-state index contributed by atoms with van der Waals surface area (Å²) >= 11 is 0. The lowest BCUT2D eigenvalue weighted by atomic mass is 9.86. The minimum atomic E-state index is 0.202. The maximum atomic E-state index is 4.33. The molecule has 0 radical (unpaired) electrons. The highest BCUT2D eigenvalue weighted by Gasteiger charge is 2.16. The summed E-state index contributed by atoms with van der Waals surface area (Å²) < 4.78 is 0. The molecule has 0 saturated carbocycles. The van der Waals surface area contributed by atoms with Crippen LogP contribution in [0, 0.1) is 0 Å². The van der Waals surface area contributed by atoms with Gasteiger partial charge in [-0.15, -0.1) is 0 Å². The zero-order chi connectivity index (χ0) is 14.6. The standard InChI is InChI=1S/C17H25N3/c1-5-18-15(12-16-19-10-11-20-16)13-6-8-14(9-7-13)17(2,3)4/h6-11,15,18H,5,12H2,1-4H3,(H,19,20).